The summed E-state index contributed by atoms with van der Waals surface area (Å²) < 4.78 is 5.31. The normalized spacial score (nSPS) is 16.3. The fraction of sp³-hybridized carbons (Fsp3) is 0.588. The molecule has 0 bridgehead atoms. The third kappa shape index (κ3) is 4.21. The standard InChI is InChI=1S/C17H25N5OS/c1-13-20-15(12-24-13)11-22-8-4-14(5-9-22)10-21(2)16-17(23-3)19-7-6-18-16/h6-7,12,14H,4-5,8-11H2,1-3H3. The van der Waals surface area contributed by atoms with Crippen molar-refractivity contribution in [2.75, 3.05) is 38.7 Å². The molecule has 0 radical (unpaired) electrons. The highest BCUT2D eigenvalue weighted by Crippen LogP contribution is 2.25. The smallest absolute Gasteiger partial charge is 0.257 e. The number of hydrogen-bond donors (Lipinski definition) is 0. The minimum Gasteiger partial charge on any atom is -0.478 e. The first kappa shape index (κ1) is 17.1. The van der Waals surface area contributed by atoms with Crippen molar-refractivity contribution in [1.82, 2.24) is 19.9 Å². The molecule has 0 atom stereocenters. The minimum atomic E-state index is 0.594. The van der Waals surface area contributed by atoms with E-state index in [1.165, 1.54) is 18.5 Å². The lowest BCUT2D eigenvalue weighted by molar-refractivity contribution is 0.178. The average Bonchev–Trinajstić information content (AvgIpc) is 3.01. The number of thiazole rings is 1. The molecule has 3 rings (SSSR count). The first-order chi connectivity index (χ1) is 11.7. The molecule has 2 aromatic heterocycles. The van der Waals surface area contributed by atoms with E-state index in [2.05, 4.69) is 44.1 Å². The van der Waals surface area contributed by atoms with Gasteiger partial charge in [0.15, 0.2) is 5.82 Å². The topological polar surface area (TPSA) is 54.4 Å². The fourth-order valence-electron chi connectivity index (χ4n) is 3.23. The van der Waals surface area contributed by atoms with Crippen LogP contribution in [0, 0.1) is 12.8 Å². The fourth-order valence-corrected chi connectivity index (χ4v) is 3.84. The van der Waals surface area contributed by atoms with E-state index in [0.717, 1.165) is 37.0 Å². The maximum absolute atomic E-state index is 5.31. The Morgan fingerprint density at radius 1 is 1.29 bits per heavy atom. The van der Waals surface area contributed by atoms with Gasteiger partial charge in [0.25, 0.3) is 5.88 Å². The Morgan fingerprint density at radius 3 is 2.71 bits per heavy atom. The molecule has 24 heavy (non-hydrogen) atoms. The van der Waals surface area contributed by atoms with Crippen molar-refractivity contribution in [3.8, 4) is 5.88 Å². The molecule has 0 saturated carbocycles. The number of anilines is 1. The van der Waals surface area contributed by atoms with Gasteiger partial charge in [-0.25, -0.2) is 15.0 Å². The van der Waals surface area contributed by atoms with Crippen LogP contribution in [0.2, 0.25) is 0 Å². The molecule has 0 N–H and O–H groups in total. The number of ether oxygens (including phenoxy) is 1. The van der Waals surface area contributed by atoms with Crippen molar-refractivity contribution >= 4 is 17.2 Å². The first-order valence-corrected chi connectivity index (χ1v) is 9.23. The Bertz CT molecular complexity index is 654. The number of nitrogens with zero attached hydrogens (tertiary/aromatic N) is 5. The minimum absolute atomic E-state index is 0.594. The Kier molecular flexibility index (Phi) is 5.63. The van der Waals surface area contributed by atoms with Gasteiger partial charge in [-0.05, 0) is 38.8 Å². The number of likely N-dealkylation sites (tertiary alicyclic amines) is 1. The van der Waals surface area contributed by atoms with Gasteiger partial charge in [0, 0.05) is 37.9 Å². The predicted octanol–water partition coefficient (Wildman–Crippen LogP) is 2.60. The van der Waals surface area contributed by atoms with Gasteiger partial charge in [0.1, 0.15) is 0 Å². The van der Waals surface area contributed by atoms with Crippen LogP contribution in [0.4, 0.5) is 5.82 Å². The summed E-state index contributed by atoms with van der Waals surface area (Å²) in [6, 6.07) is 0. The van der Waals surface area contributed by atoms with Gasteiger partial charge in [-0.1, -0.05) is 0 Å². The molecule has 1 aliphatic rings. The van der Waals surface area contributed by atoms with Crippen molar-refractivity contribution in [2.24, 2.45) is 5.92 Å². The Hall–Kier alpha value is -1.73. The molecule has 1 aliphatic heterocycles. The number of hydrogen-bond acceptors (Lipinski definition) is 7. The molecule has 0 aromatic carbocycles. The van der Waals surface area contributed by atoms with Gasteiger partial charge in [-0.2, -0.15) is 0 Å². The van der Waals surface area contributed by atoms with Crippen LogP contribution in [0.3, 0.4) is 0 Å². The summed E-state index contributed by atoms with van der Waals surface area (Å²) in [5.41, 5.74) is 1.21. The van der Waals surface area contributed by atoms with Crippen molar-refractivity contribution in [1.29, 1.82) is 0 Å². The number of aryl methyl sites for hydroxylation is 1. The summed E-state index contributed by atoms with van der Waals surface area (Å²) in [5, 5.41) is 3.33. The zero-order valence-electron chi connectivity index (χ0n) is 14.6. The zero-order valence-corrected chi connectivity index (χ0v) is 15.4. The van der Waals surface area contributed by atoms with Gasteiger partial charge in [-0.15, -0.1) is 11.3 Å². The van der Waals surface area contributed by atoms with Crippen LogP contribution in [-0.4, -0.2) is 53.6 Å². The van der Waals surface area contributed by atoms with E-state index >= 15 is 0 Å². The molecule has 2 aromatic rings. The van der Waals surface area contributed by atoms with Crippen molar-refractivity contribution in [2.45, 2.75) is 26.3 Å². The number of aromatic nitrogens is 3. The summed E-state index contributed by atoms with van der Waals surface area (Å²) in [6.07, 6.45) is 5.79. The Balaban J connectivity index is 1.50. The average molecular weight is 347 g/mol. The molecule has 1 saturated heterocycles. The van der Waals surface area contributed by atoms with Crippen LogP contribution in [0.15, 0.2) is 17.8 Å². The van der Waals surface area contributed by atoms with Crippen LogP contribution in [0.25, 0.3) is 0 Å². The van der Waals surface area contributed by atoms with E-state index in [1.807, 2.05) is 0 Å². The van der Waals surface area contributed by atoms with Crippen LogP contribution in [0.5, 0.6) is 5.88 Å². The quantitative estimate of drug-likeness (QED) is 0.801. The van der Waals surface area contributed by atoms with Gasteiger partial charge in [0.05, 0.1) is 17.8 Å². The van der Waals surface area contributed by atoms with E-state index in [4.69, 9.17) is 4.74 Å². The second-order valence-corrected chi connectivity index (χ2v) is 7.41. The maximum atomic E-state index is 5.31. The molecular weight excluding hydrogens is 322 g/mol. The monoisotopic (exact) mass is 347 g/mol. The van der Waals surface area contributed by atoms with Crippen molar-refractivity contribution in [3.63, 3.8) is 0 Å². The Morgan fingerprint density at radius 2 is 2.04 bits per heavy atom. The van der Waals surface area contributed by atoms with Crippen LogP contribution in [0.1, 0.15) is 23.5 Å². The lowest BCUT2D eigenvalue weighted by atomic mass is 9.96. The predicted molar refractivity (Wildman–Crippen MR) is 96.7 cm³/mol. The summed E-state index contributed by atoms with van der Waals surface area (Å²) >= 11 is 1.73. The van der Waals surface area contributed by atoms with Gasteiger partial charge < -0.3 is 9.64 Å². The maximum Gasteiger partial charge on any atom is 0.257 e. The van der Waals surface area contributed by atoms with Crippen LogP contribution >= 0.6 is 11.3 Å². The lowest BCUT2D eigenvalue weighted by Crippen LogP contribution is -2.37. The van der Waals surface area contributed by atoms with E-state index in [9.17, 15) is 0 Å². The summed E-state index contributed by atoms with van der Waals surface area (Å²) in [5.74, 6) is 2.09. The van der Waals surface area contributed by atoms with Gasteiger partial charge in [0.2, 0.25) is 0 Å². The van der Waals surface area contributed by atoms with E-state index < -0.39 is 0 Å². The van der Waals surface area contributed by atoms with Gasteiger partial charge >= 0.3 is 0 Å². The third-order valence-corrected chi connectivity index (χ3v) is 5.32. The molecule has 0 aliphatic carbocycles. The Labute approximate surface area is 147 Å². The molecule has 7 heteroatoms. The number of rotatable bonds is 6. The first-order valence-electron chi connectivity index (χ1n) is 8.35. The molecule has 0 unspecified atom stereocenters. The van der Waals surface area contributed by atoms with Crippen molar-refractivity contribution in [3.05, 3.63) is 28.5 Å². The molecule has 0 amide bonds. The molecule has 6 nitrogen and oxygen atoms in total. The zero-order chi connectivity index (χ0) is 16.9. The number of methoxy groups -OCH3 is 1. The van der Waals surface area contributed by atoms with E-state index in [-0.39, 0.29) is 0 Å². The van der Waals surface area contributed by atoms with Crippen molar-refractivity contribution < 1.29 is 4.74 Å². The SMILES string of the molecule is COc1nccnc1N(C)CC1CCN(Cc2csc(C)n2)CC1. The molecule has 130 valence electrons. The largest absolute Gasteiger partial charge is 0.478 e. The molecule has 3 heterocycles. The summed E-state index contributed by atoms with van der Waals surface area (Å²) in [7, 11) is 3.71. The van der Waals surface area contributed by atoms with Crippen LogP contribution in [-0.2, 0) is 6.54 Å². The lowest BCUT2D eigenvalue weighted by Gasteiger charge is -2.33. The van der Waals surface area contributed by atoms with E-state index in [0.29, 0.717) is 11.8 Å². The van der Waals surface area contributed by atoms with Crippen LogP contribution < -0.4 is 9.64 Å². The van der Waals surface area contributed by atoms with E-state index in [1.54, 1.807) is 30.8 Å². The molecule has 0 spiro atoms. The third-order valence-electron chi connectivity index (χ3n) is 4.49. The van der Waals surface area contributed by atoms with Gasteiger partial charge in [-0.3, -0.25) is 4.90 Å². The second-order valence-electron chi connectivity index (χ2n) is 6.35. The highest BCUT2D eigenvalue weighted by atomic mass is 32.1. The highest BCUT2D eigenvalue weighted by molar-refractivity contribution is 7.09. The molecular formula is C17H25N5OS. The number of piperidine rings is 1. The highest BCUT2D eigenvalue weighted by Gasteiger charge is 2.22. The molecule has 1 fully saturated rings. The summed E-state index contributed by atoms with van der Waals surface area (Å²) in [6.45, 7) is 6.29. The summed E-state index contributed by atoms with van der Waals surface area (Å²) in [4.78, 5) is 17.9. The second kappa shape index (κ2) is 7.90.